The largest absolute Gasteiger partial charge is 0.445 e. The van der Waals surface area contributed by atoms with Crippen LogP contribution in [-0.2, 0) is 11.3 Å². The molecule has 2 aromatic rings. The van der Waals surface area contributed by atoms with Gasteiger partial charge in [-0.05, 0) is 30.5 Å². The molecule has 1 amide bonds. The Kier molecular flexibility index (Phi) is 6.72. The summed E-state index contributed by atoms with van der Waals surface area (Å²) in [4.78, 5) is 15.7. The standard InChI is InChI=1S/C18H22N2O4/c1-13-6-5-10-19-16(13)17(22)15(21)9-11-20-18(23)24-12-14-7-3-2-4-8-14/h2-8,10,15,17,21-22H,9,11-12H2,1H3,(H,20,23). The number of carbonyl (C=O) groups is 1. The van der Waals surface area contributed by atoms with E-state index in [0.717, 1.165) is 11.1 Å². The van der Waals surface area contributed by atoms with Gasteiger partial charge in [-0.1, -0.05) is 36.4 Å². The fourth-order valence-corrected chi connectivity index (χ4v) is 2.24. The Balaban J connectivity index is 1.71. The van der Waals surface area contributed by atoms with Crippen LogP contribution in [-0.4, -0.2) is 33.9 Å². The van der Waals surface area contributed by atoms with Crippen molar-refractivity contribution < 1.29 is 19.7 Å². The number of aliphatic hydroxyl groups excluding tert-OH is 2. The molecular weight excluding hydrogens is 308 g/mol. The van der Waals surface area contributed by atoms with Crippen LogP contribution in [0.25, 0.3) is 0 Å². The summed E-state index contributed by atoms with van der Waals surface area (Å²) in [5.74, 6) is 0. The van der Waals surface area contributed by atoms with Crippen molar-refractivity contribution in [2.45, 2.75) is 32.2 Å². The molecule has 1 aromatic heterocycles. The number of benzene rings is 1. The minimum Gasteiger partial charge on any atom is -0.445 e. The first-order valence-corrected chi connectivity index (χ1v) is 7.80. The first kappa shape index (κ1) is 17.9. The Morgan fingerprint density at radius 3 is 2.67 bits per heavy atom. The normalized spacial score (nSPS) is 13.1. The summed E-state index contributed by atoms with van der Waals surface area (Å²) in [5.41, 5.74) is 2.14. The lowest BCUT2D eigenvalue weighted by Gasteiger charge is -2.19. The van der Waals surface area contributed by atoms with Crippen molar-refractivity contribution in [3.8, 4) is 0 Å². The van der Waals surface area contributed by atoms with Crippen molar-refractivity contribution in [2.75, 3.05) is 6.54 Å². The zero-order valence-corrected chi connectivity index (χ0v) is 13.6. The Bertz CT molecular complexity index is 648. The van der Waals surface area contributed by atoms with Crippen molar-refractivity contribution in [1.82, 2.24) is 10.3 Å². The van der Waals surface area contributed by atoms with Gasteiger partial charge in [-0.15, -0.1) is 0 Å². The van der Waals surface area contributed by atoms with E-state index in [9.17, 15) is 15.0 Å². The van der Waals surface area contributed by atoms with Gasteiger partial charge in [0, 0.05) is 12.7 Å². The van der Waals surface area contributed by atoms with E-state index in [1.54, 1.807) is 12.3 Å². The smallest absolute Gasteiger partial charge is 0.407 e. The van der Waals surface area contributed by atoms with Gasteiger partial charge in [0.15, 0.2) is 0 Å². The van der Waals surface area contributed by atoms with Gasteiger partial charge in [-0.25, -0.2) is 4.79 Å². The van der Waals surface area contributed by atoms with Crippen LogP contribution in [0.5, 0.6) is 0 Å². The van der Waals surface area contributed by atoms with Crippen LogP contribution in [0.1, 0.15) is 29.3 Å². The zero-order valence-electron chi connectivity index (χ0n) is 13.6. The van der Waals surface area contributed by atoms with Crippen molar-refractivity contribution in [2.24, 2.45) is 0 Å². The first-order valence-electron chi connectivity index (χ1n) is 7.80. The Morgan fingerprint density at radius 1 is 1.21 bits per heavy atom. The molecule has 0 aliphatic carbocycles. The van der Waals surface area contributed by atoms with Crippen molar-refractivity contribution in [1.29, 1.82) is 0 Å². The van der Waals surface area contributed by atoms with Crippen LogP contribution in [0.3, 0.4) is 0 Å². The summed E-state index contributed by atoms with van der Waals surface area (Å²) in [6.45, 7) is 2.19. The fraction of sp³-hybridized carbons (Fsp3) is 0.333. The number of aryl methyl sites for hydroxylation is 1. The Hall–Kier alpha value is -2.44. The van der Waals surface area contributed by atoms with E-state index in [4.69, 9.17) is 4.74 Å². The minimum absolute atomic E-state index is 0.185. The summed E-state index contributed by atoms with van der Waals surface area (Å²) in [6, 6.07) is 12.9. The molecule has 3 N–H and O–H groups in total. The van der Waals surface area contributed by atoms with Crippen LogP contribution in [0.2, 0.25) is 0 Å². The number of pyridine rings is 1. The molecule has 0 spiro atoms. The molecule has 1 aromatic carbocycles. The molecule has 24 heavy (non-hydrogen) atoms. The third-order valence-corrected chi connectivity index (χ3v) is 3.62. The lowest BCUT2D eigenvalue weighted by molar-refractivity contribution is 0.0107. The second-order valence-electron chi connectivity index (χ2n) is 5.49. The molecule has 0 aliphatic heterocycles. The van der Waals surface area contributed by atoms with E-state index in [2.05, 4.69) is 10.3 Å². The highest BCUT2D eigenvalue weighted by Crippen LogP contribution is 2.19. The third-order valence-electron chi connectivity index (χ3n) is 3.62. The molecule has 1 heterocycles. The minimum atomic E-state index is -1.09. The molecule has 0 aliphatic rings. The van der Waals surface area contributed by atoms with Gasteiger partial charge in [0.2, 0.25) is 0 Å². The van der Waals surface area contributed by atoms with Crippen LogP contribution < -0.4 is 5.32 Å². The monoisotopic (exact) mass is 330 g/mol. The van der Waals surface area contributed by atoms with E-state index < -0.39 is 18.3 Å². The molecule has 2 rings (SSSR count). The first-order chi connectivity index (χ1) is 11.6. The maximum atomic E-state index is 11.6. The molecule has 0 bridgehead atoms. The van der Waals surface area contributed by atoms with Gasteiger partial charge in [0.05, 0.1) is 11.8 Å². The number of aromatic nitrogens is 1. The number of hydrogen-bond donors (Lipinski definition) is 3. The van der Waals surface area contributed by atoms with Crippen LogP contribution in [0.15, 0.2) is 48.7 Å². The van der Waals surface area contributed by atoms with E-state index >= 15 is 0 Å². The number of alkyl carbamates (subject to hydrolysis) is 1. The second kappa shape index (κ2) is 9.00. The van der Waals surface area contributed by atoms with Gasteiger partial charge in [0.1, 0.15) is 12.7 Å². The molecule has 2 unspecified atom stereocenters. The number of nitrogens with one attached hydrogen (secondary N) is 1. The highest BCUT2D eigenvalue weighted by atomic mass is 16.5. The molecule has 2 atom stereocenters. The quantitative estimate of drug-likeness (QED) is 0.723. The van der Waals surface area contributed by atoms with Gasteiger partial charge >= 0.3 is 6.09 Å². The van der Waals surface area contributed by atoms with E-state index in [1.165, 1.54) is 0 Å². The second-order valence-corrected chi connectivity index (χ2v) is 5.49. The number of aliphatic hydroxyl groups is 2. The SMILES string of the molecule is Cc1cccnc1C(O)C(O)CCNC(=O)OCc1ccccc1. The number of rotatable bonds is 7. The number of carbonyl (C=O) groups excluding carboxylic acids is 1. The predicted octanol–water partition coefficient (Wildman–Crippen LogP) is 2.10. The number of nitrogens with zero attached hydrogens (tertiary/aromatic N) is 1. The average Bonchev–Trinajstić information content (AvgIpc) is 2.60. The predicted molar refractivity (Wildman–Crippen MR) is 89.2 cm³/mol. The zero-order chi connectivity index (χ0) is 17.4. The van der Waals surface area contributed by atoms with E-state index in [1.807, 2.05) is 43.3 Å². The molecular formula is C18H22N2O4. The lowest BCUT2D eigenvalue weighted by Crippen LogP contribution is -2.30. The van der Waals surface area contributed by atoms with Crippen LogP contribution in [0, 0.1) is 6.92 Å². The maximum absolute atomic E-state index is 11.6. The average molecular weight is 330 g/mol. The van der Waals surface area contributed by atoms with Crippen LogP contribution >= 0.6 is 0 Å². The molecule has 0 fully saturated rings. The topological polar surface area (TPSA) is 91.7 Å². The Labute approximate surface area is 141 Å². The number of hydrogen-bond acceptors (Lipinski definition) is 5. The summed E-state index contributed by atoms with van der Waals surface area (Å²) >= 11 is 0. The molecule has 0 radical (unpaired) electrons. The van der Waals surface area contributed by atoms with Crippen molar-refractivity contribution in [3.63, 3.8) is 0 Å². The summed E-state index contributed by atoms with van der Waals surface area (Å²) in [7, 11) is 0. The van der Waals surface area contributed by atoms with E-state index in [0.29, 0.717) is 5.69 Å². The highest BCUT2D eigenvalue weighted by Gasteiger charge is 2.21. The molecule has 0 saturated carbocycles. The fourth-order valence-electron chi connectivity index (χ4n) is 2.24. The molecule has 6 nitrogen and oxygen atoms in total. The van der Waals surface area contributed by atoms with Gasteiger partial charge in [0.25, 0.3) is 0 Å². The van der Waals surface area contributed by atoms with Crippen molar-refractivity contribution >= 4 is 6.09 Å². The van der Waals surface area contributed by atoms with Crippen molar-refractivity contribution in [3.05, 3.63) is 65.5 Å². The lowest BCUT2D eigenvalue weighted by atomic mass is 10.0. The van der Waals surface area contributed by atoms with Gasteiger partial charge < -0.3 is 20.3 Å². The number of amides is 1. The van der Waals surface area contributed by atoms with Gasteiger partial charge in [-0.2, -0.15) is 0 Å². The molecule has 6 heteroatoms. The summed E-state index contributed by atoms with van der Waals surface area (Å²) in [5, 5.41) is 22.7. The summed E-state index contributed by atoms with van der Waals surface area (Å²) in [6.07, 6.45) is -0.911. The maximum Gasteiger partial charge on any atom is 0.407 e. The van der Waals surface area contributed by atoms with Gasteiger partial charge in [-0.3, -0.25) is 4.98 Å². The summed E-state index contributed by atoms with van der Waals surface area (Å²) < 4.78 is 5.07. The molecule has 128 valence electrons. The highest BCUT2D eigenvalue weighted by molar-refractivity contribution is 5.67. The third kappa shape index (κ3) is 5.33. The number of ether oxygens (including phenoxy) is 1. The van der Waals surface area contributed by atoms with Crippen LogP contribution in [0.4, 0.5) is 4.79 Å². The Morgan fingerprint density at radius 2 is 1.96 bits per heavy atom. The van der Waals surface area contributed by atoms with E-state index in [-0.39, 0.29) is 19.6 Å². The molecule has 0 saturated heterocycles.